The molecule has 0 amide bonds. The Labute approximate surface area is 152 Å². The van der Waals surface area contributed by atoms with Crippen molar-refractivity contribution in [1.82, 2.24) is 0 Å². The van der Waals surface area contributed by atoms with E-state index in [1.165, 1.54) is 5.56 Å². The zero-order valence-corrected chi connectivity index (χ0v) is 16.2. The Kier molecular flexibility index (Phi) is 7.26. The zero-order valence-electron chi connectivity index (χ0n) is 16.2. The number of methoxy groups -OCH3 is 1. The summed E-state index contributed by atoms with van der Waals surface area (Å²) in [6.07, 6.45) is 6.07. The van der Waals surface area contributed by atoms with Crippen LogP contribution in [0.4, 0.5) is 0 Å². The monoisotopic (exact) mass is 346 g/mol. The van der Waals surface area contributed by atoms with E-state index in [0.29, 0.717) is 13.4 Å². The van der Waals surface area contributed by atoms with E-state index in [1.807, 2.05) is 6.07 Å². The predicted molar refractivity (Wildman–Crippen MR) is 101 cm³/mol. The fourth-order valence-corrected chi connectivity index (χ4v) is 2.80. The van der Waals surface area contributed by atoms with Crippen LogP contribution in [0.25, 0.3) is 0 Å². The van der Waals surface area contributed by atoms with E-state index in [2.05, 4.69) is 64.1 Å². The second-order valence-corrected chi connectivity index (χ2v) is 7.58. The Morgan fingerprint density at radius 1 is 1.08 bits per heavy atom. The van der Waals surface area contributed by atoms with Crippen LogP contribution in [0.2, 0.25) is 6.32 Å². The average Bonchev–Trinajstić information content (AvgIpc) is 2.75. The lowest BCUT2D eigenvalue weighted by molar-refractivity contribution is -0.0376. The first-order valence-corrected chi connectivity index (χ1v) is 8.97. The van der Waals surface area contributed by atoms with Crippen LogP contribution in [0.15, 0.2) is 42.5 Å². The molecule has 0 spiro atoms. The predicted octanol–water partition coefficient (Wildman–Crippen LogP) is 4.11. The Bertz CT molecular complexity index is 526. The molecule has 1 aromatic rings. The molecule has 1 aliphatic heterocycles. The van der Waals surface area contributed by atoms with Crippen molar-refractivity contribution in [2.24, 2.45) is 5.92 Å². The minimum atomic E-state index is -0.302. The lowest BCUT2D eigenvalue weighted by Gasteiger charge is -2.32. The van der Waals surface area contributed by atoms with Gasteiger partial charge in [-0.25, -0.2) is 0 Å². The van der Waals surface area contributed by atoms with Crippen LogP contribution >= 0.6 is 0 Å². The third-order valence-corrected chi connectivity index (χ3v) is 4.93. The second-order valence-electron chi connectivity index (χ2n) is 7.58. The van der Waals surface area contributed by atoms with Gasteiger partial charge in [0, 0.05) is 7.11 Å². The Morgan fingerprint density at radius 2 is 1.72 bits per heavy atom. The molecule has 1 aliphatic rings. The highest BCUT2D eigenvalue weighted by Crippen LogP contribution is 2.38. The standard InChI is InChI=1S/C20H31BO4/c1-19(2)20(3,4)25-21(24-19)14-18(15-23-16-22-5)13-9-12-17-10-7-6-8-11-17/h6-11,13,18H,12,14-16H2,1-5H3/b13-9+. The summed E-state index contributed by atoms with van der Waals surface area (Å²) in [5.74, 6) is 0.216. The summed E-state index contributed by atoms with van der Waals surface area (Å²) in [5.41, 5.74) is 0.693. The lowest BCUT2D eigenvalue weighted by atomic mass is 9.77. The van der Waals surface area contributed by atoms with Gasteiger partial charge in [0.2, 0.25) is 0 Å². The molecule has 1 atom stereocenters. The van der Waals surface area contributed by atoms with Crippen molar-refractivity contribution in [3.05, 3.63) is 48.0 Å². The number of ether oxygens (including phenoxy) is 2. The molecule has 1 saturated heterocycles. The van der Waals surface area contributed by atoms with Crippen molar-refractivity contribution >= 4 is 7.12 Å². The van der Waals surface area contributed by atoms with Gasteiger partial charge in [-0.1, -0.05) is 42.5 Å². The van der Waals surface area contributed by atoms with Gasteiger partial charge >= 0.3 is 7.12 Å². The van der Waals surface area contributed by atoms with Crippen LogP contribution < -0.4 is 0 Å². The number of benzene rings is 1. The van der Waals surface area contributed by atoms with E-state index in [4.69, 9.17) is 18.8 Å². The molecule has 0 N–H and O–H groups in total. The summed E-state index contributed by atoms with van der Waals surface area (Å²) < 4.78 is 22.8. The summed E-state index contributed by atoms with van der Waals surface area (Å²) in [6.45, 7) is 9.20. The van der Waals surface area contributed by atoms with E-state index in [-0.39, 0.29) is 24.2 Å². The first kappa shape index (κ1) is 20.2. The van der Waals surface area contributed by atoms with Crippen molar-refractivity contribution in [3.63, 3.8) is 0 Å². The molecule has 1 aromatic carbocycles. The maximum Gasteiger partial charge on any atom is 0.458 e. The third kappa shape index (κ3) is 5.96. The van der Waals surface area contributed by atoms with Gasteiger partial charge in [-0.3, -0.25) is 0 Å². The molecule has 1 fully saturated rings. The van der Waals surface area contributed by atoms with Crippen molar-refractivity contribution < 1.29 is 18.8 Å². The van der Waals surface area contributed by atoms with Crippen molar-refractivity contribution in [2.45, 2.75) is 51.6 Å². The maximum atomic E-state index is 6.12. The SMILES string of the molecule is COCOCC(/C=C/Cc1ccccc1)CB1OC(C)(C)C(C)(C)O1. The lowest BCUT2D eigenvalue weighted by Crippen LogP contribution is -2.41. The van der Waals surface area contributed by atoms with Gasteiger partial charge in [0.1, 0.15) is 6.79 Å². The number of allylic oxidation sites excluding steroid dienone is 1. The fraction of sp³-hybridized carbons (Fsp3) is 0.600. The minimum absolute atomic E-state index is 0.216. The molecule has 2 rings (SSSR count). The Balaban J connectivity index is 1.93. The molecule has 138 valence electrons. The largest absolute Gasteiger partial charge is 0.458 e. The van der Waals surface area contributed by atoms with E-state index < -0.39 is 0 Å². The van der Waals surface area contributed by atoms with Gasteiger partial charge in [0.15, 0.2) is 0 Å². The molecule has 5 heteroatoms. The summed E-state index contributed by atoms with van der Waals surface area (Å²) in [4.78, 5) is 0. The molecule has 0 aromatic heterocycles. The maximum absolute atomic E-state index is 6.12. The Hall–Kier alpha value is -1.14. The summed E-state index contributed by atoms with van der Waals surface area (Å²) in [6, 6.07) is 10.4. The van der Waals surface area contributed by atoms with Crippen LogP contribution in [0, 0.1) is 5.92 Å². The summed E-state index contributed by atoms with van der Waals surface area (Å²) in [7, 11) is 1.41. The molecule has 0 bridgehead atoms. The molecular formula is C20H31BO4. The molecule has 0 aliphatic carbocycles. The van der Waals surface area contributed by atoms with Gasteiger partial charge < -0.3 is 18.8 Å². The van der Waals surface area contributed by atoms with Gasteiger partial charge in [0.25, 0.3) is 0 Å². The van der Waals surface area contributed by atoms with Gasteiger partial charge in [-0.2, -0.15) is 0 Å². The van der Waals surface area contributed by atoms with Gasteiger partial charge in [0.05, 0.1) is 17.8 Å². The van der Waals surface area contributed by atoms with Crippen LogP contribution in [0.5, 0.6) is 0 Å². The molecule has 0 saturated carbocycles. The van der Waals surface area contributed by atoms with Crippen molar-refractivity contribution in [3.8, 4) is 0 Å². The third-order valence-electron chi connectivity index (χ3n) is 4.93. The molecule has 0 radical (unpaired) electrons. The molecule has 1 heterocycles. The van der Waals surface area contributed by atoms with Crippen LogP contribution in [-0.4, -0.2) is 38.8 Å². The van der Waals surface area contributed by atoms with Crippen LogP contribution in [0.3, 0.4) is 0 Å². The topological polar surface area (TPSA) is 36.9 Å². The summed E-state index contributed by atoms with van der Waals surface area (Å²) >= 11 is 0. The number of rotatable bonds is 9. The highest BCUT2D eigenvalue weighted by atomic mass is 16.7. The van der Waals surface area contributed by atoms with Gasteiger partial charge in [-0.15, -0.1) is 0 Å². The van der Waals surface area contributed by atoms with Crippen molar-refractivity contribution in [1.29, 1.82) is 0 Å². The minimum Gasteiger partial charge on any atom is -0.403 e. The highest BCUT2D eigenvalue weighted by Gasteiger charge is 2.51. The molecule has 25 heavy (non-hydrogen) atoms. The zero-order chi connectivity index (χ0) is 18.3. The van der Waals surface area contributed by atoms with Crippen LogP contribution in [0.1, 0.15) is 33.3 Å². The normalized spacial score (nSPS) is 20.3. The first-order valence-electron chi connectivity index (χ1n) is 8.97. The quantitative estimate of drug-likeness (QED) is 0.292. The summed E-state index contributed by atoms with van der Waals surface area (Å²) in [5, 5.41) is 0. The van der Waals surface area contributed by atoms with Crippen molar-refractivity contribution in [2.75, 3.05) is 20.5 Å². The smallest absolute Gasteiger partial charge is 0.403 e. The number of hydrogen-bond donors (Lipinski definition) is 0. The first-order chi connectivity index (χ1) is 11.8. The molecular weight excluding hydrogens is 315 g/mol. The molecule has 4 nitrogen and oxygen atoms in total. The number of hydrogen-bond acceptors (Lipinski definition) is 4. The van der Waals surface area contributed by atoms with E-state index in [1.54, 1.807) is 7.11 Å². The molecule has 1 unspecified atom stereocenters. The van der Waals surface area contributed by atoms with E-state index in [0.717, 1.165) is 12.7 Å². The highest BCUT2D eigenvalue weighted by molar-refractivity contribution is 6.45. The van der Waals surface area contributed by atoms with Crippen LogP contribution in [-0.2, 0) is 25.2 Å². The van der Waals surface area contributed by atoms with E-state index >= 15 is 0 Å². The Morgan fingerprint density at radius 3 is 2.32 bits per heavy atom. The fourth-order valence-electron chi connectivity index (χ4n) is 2.80. The average molecular weight is 346 g/mol. The van der Waals surface area contributed by atoms with E-state index in [9.17, 15) is 0 Å². The van der Waals surface area contributed by atoms with Gasteiger partial charge in [-0.05, 0) is 51.9 Å². The second kappa shape index (κ2) is 8.99.